The fourth-order valence-electron chi connectivity index (χ4n) is 1.09. The van der Waals surface area contributed by atoms with Crippen LogP contribution in [-0.4, -0.2) is 38.4 Å². The summed E-state index contributed by atoms with van der Waals surface area (Å²) in [5.41, 5.74) is 0.598. The molecule has 76 valence electrons. The van der Waals surface area contributed by atoms with E-state index < -0.39 is 0 Å². The van der Waals surface area contributed by atoms with Gasteiger partial charge < -0.3 is 0 Å². The van der Waals surface area contributed by atoms with E-state index in [1.807, 2.05) is 6.20 Å². The van der Waals surface area contributed by atoms with Crippen LogP contribution in [0.3, 0.4) is 0 Å². The molecule has 1 amide bonds. The van der Waals surface area contributed by atoms with Crippen LogP contribution in [0.5, 0.6) is 0 Å². The average Bonchev–Trinajstić information content (AvgIpc) is 2.65. The van der Waals surface area contributed by atoms with E-state index in [1.165, 1.54) is 2.89 Å². The number of thiazole rings is 1. The van der Waals surface area contributed by atoms with E-state index in [0.29, 0.717) is 33.2 Å². The van der Waals surface area contributed by atoms with Crippen LogP contribution in [0, 0.1) is 0 Å². The summed E-state index contributed by atoms with van der Waals surface area (Å²) in [7, 11) is 0. The van der Waals surface area contributed by atoms with Crippen molar-refractivity contribution in [2.24, 2.45) is 0 Å². The molecule has 0 bridgehead atoms. The number of hydrogen-bond donors (Lipinski definition) is 1. The zero-order valence-corrected chi connectivity index (χ0v) is 14.6. The summed E-state index contributed by atoms with van der Waals surface area (Å²) in [4.78, 5) is 19.6. The molecule has 0 saturated heterocycles. The molecule has 1 N–H and O–H groups in total. The Bertz CT molecular complexity index is 471. The molecule has 0 aliphatic rings. The molecule has 0 unspecified atom stereocenters. The molecule has 0 atom stereocenters. The van der Waals surface area contributed by atoms with Crippen molar-refractivity contribution in [1.82, 2.24) is 9.97 Å². The Morgan fingerprint density at radius 3 is 2.73 bits per heavy atom. The summed E-state index contributed by atoms with van der Waals surface area (Å²) in [6, 6.07) is 3.35. The second kappa shape index (κ2) is 4.71. The van der Waals surface area contributed by atoms with E-state index in [1.54, 1.807) is 35.9 Å². The van der Waals surface area contributed by atoms with Crippen molar-refractivity contribution in [2.45, 2.75) is 0 Å². The number of hydrogen-bond acceptors (Lipinski definition) is 4. The number of nitrogens with zero attached hydrogens (tertiary/aromatic N) is 2. The van der Waals surface area contributed by atoms with Crippen LogP contribution in [0.4, 0.5) is 5.13 Å². The van der Waals surface area contributed by atoms with Crippen molar-refractivity contribution in [2.75, 3.05) is 5.32 Å². The van der Waals surface area contributed by atoms with Crippen LogP contribution in [0.15, 0.2) is 30.7 Å². The number of anilines is 1. The first-order valence-electron chi connectivity index (χ1n) is 4.39. The van der Waals surface area contributed by atoms with Gasteiger partial charge in [0.25, 0.3) is 0 Å². The summed E-state index contributed by atoms with van der Waals surface area (Å²) in [6.45, 7) is 0. The van der Waals surface area contributed by atoms with Crippen molar-refractivity contribution in [3.8, 4) is 0 Å². The first-order chi connectivity index (χ1) is 7.25. The van der Waals surface area contributed by atoms with Crippen molar-refractivity contribution in [3.63, 3.8) is 0 Å². The van der Waals surface area contributed by atoms with Crippen LogP contribution >= 0.6 is 11.3 Å². The molecule has 0 aromatic carbocycles. The van der Waals surface area contributed by atoms with E-state index in [2.05, 4.69) is 15.3 Å². The van der Waals surface area contributed by atoms with E-state index in [9.17, 15) is 4.79 Å². The van der Waals surface area contributed by atoms with Gasteiger partial charge in [-0.1, -0.05) is 0 Å². The van der Waals surface area contributed by atoms with Gasteiger partial charge in [0.1, 0.15) is 0 Å². The van der Waals surface area contributed by atoms with E-state index in [0.717, 1.165) is 0 Å². The normalized spacial score (nSPS) is 10.1. The molecule has 2 rings (SSSR count). The monoisotopic (exact) mass is 327 g/mol. The number of nitrogens with one attached hydrogen (secondary N) is 1. The van der Waals surface area contributed by atoms with Crippen LogP contribution < -0.4 is 8.21 Å². The molecule has 2 heterocycles. The van der Waals surface area contributed by atoms with Gasteiger partial charge in [-0.25, -0.2) is 0 Å². The van der Waals surface area contributed by atoms with Crippen molar-refractivity contribution in [1.29, 1.82) is 0 Å². The Labute approximate surface area is 104 Å². The summed E-state index contributed by atoms with van der Waals surface area (Å²) in [5.74, 6) is -0.137. The minimum absolute atomic E-state index is 0.137. The van der Waals surface area contributed by atoms with Gasteiger partial charge >= 0.3 is 104 Å². The number of aromatic nitrogens is 2. The quantitative estimate of drug-likeness (QED) is 0.777. The van der Waals surface area contributed by atoms with E-state index >= 15 is 0 Å². The molecule has 0 spiro atoms. The molecule has 15 heavy (non-hydrogen) atoms. The summed E-state index contributed by atoms with van der Waals surface area (Å²) in [5, 5.41) is 3.43. The van der Waals surface area contributed by atoms with Gasteiger partial charge in [-0.2, -0.15) is 0 Å². The SMILES string of the molecule is O=C(Nc1nc[c]([SnH3])s1)c1ccncc1. The molecule has 4 nitrogen and oxygen atoms in total. The second-order valence-electron chi connectivity index (χ2n) is 2.97. The topological polar surface area (TPSA) is 54.9 Å². The maximum absolute atomic E-state index is 11.7. The summed E-state index contributed by atoms with van der Waals surface area (Å²) >= 11 is 2.00. The second-order valence-corrected chi connectivity index (χ2v) is 9.34. The molecule has 2 aromatic heterocycles. The standard InChI is InChI=1S/C9H6N3OS.Sn.3H/c13-8(7-1-3-10-4-2-7)12-9-11-5-6-14-9;;;;/h1-5H,(H,11,12,13);;;;. The van der Waals surface area contributed by atoms with Gasteiger partial charge in [-0.3, -0.25) is 0 Å². The molecule has 0 saturated carbocycles. The molecular formula is C9H9N3OSSn. The molecule has 0 aliphatic carbocycles. The first-order valence-corrected chi connectivity index (χ1v) is 8.06. The Kier molecular flexibility index (Phi) is 3.32. The molecule has 0 radical (unpaired) electrons. The molecular weight excluding hydrogens is 317 g/mol. The first kappa shape index (κ1) is 10.6. The number of pyridine rings is 1. The third-order valence-electron chi connectivity index (χ3n) is 1.78. The number of carbonyl (C=O) groups excluding carboxylic acids is 1. The van der Waals surface area contributed by atoms with E-state index in [4.69, 9.17) is 0 Å². The number of rotatable bonds is 2. The third-order valence-corrected chi connectivity index (χ3v) is 5.10. The van der Waals surface area contributed by atoms with Crippen LogP contribution in [-0.2, 0) is 0 Å². The third kappa shape index (κ3) is 2.75. The predicted molar refractivity (Wildman–Crippen MR) is 63.9 cm³/mol. The Balaban J connectivity index is 2.11. The van der Waals surface area contributed by atoms with Crippen LogP contribution in [0.25, 0.3) is 0 Å². The van der Waals surface area contributed by atoms with Gasteiger partial charge in [-0.15, -0.1) is 0 Å². The Morgan fingerprint density at radius 1 is 1.40 bits per heavy atom. The average molecular weight is 326 g/mol. The zero-order valence-electron chi connectivity index (χ0n) is 8.10. The molecule has 0 aliphatic heterocycles. The number of amides is 1. The summed E-state index contributed by atoms with van der Waals surface area (Å²) in [6.07, 6.45) is 5.01. The zero-order chi connectivity index (χ0) is 10.7. The van der Waals surface area contributed by atoms with E-state index in [-0.39, 0.29) is 5.91 Å². The fraction of sp³-hybridized carbons (Fsp3) is 0. The van der Waals surface area contributed by atoms with Gasteiger partial charge in [-0.05, 0) is 0 Å². The van der Waals surface area contributed by atoms with Crippen molar-refractivity contribution >= 4 is 47.8 Å². The fourth-order valence-corrected chi connectivity index (χ4v) is 3.77. The van der Waals surface area contributed by atoms with Crippen LogP contribution in [0.1, 0.15) is 10.4 Å². The van der Waals surface area contributed by atoms with Gasteiger partial charge in [0.15, 0.2) is 0 Å². The van der Waals surface area contributed by atoms with Gasteiger partial charge in [0.2, 0.25) is 0 Å². The molecule has 2 aromatic rings. The van der Waals surface area contributed by atoms with Gasteiger partial charge in [0.05, 0.1) is 0 Å². The molecule has 0 fully saturated rings. The maximum atomic E-state index is 11.7. The number of carbonyl (C=O) groups is 1. The Hall–Kier alpha value is -0.951. The summed E-state index contributed by atoms with van der Waals surface area (Å²) < 4.78 is 1.28. The molecule has 6 heteroatoms. The minimum atomic E-state index is -0.137. The Morgan fingerprint density at radius 2 is 2.13 bits per heavy atom. The predicted octanol–water partition coefficient (Wildman–Crippen LogP) is -0.219. The van der Waals surface area contributed by atoms with Crippen molar-refractivity contribution < 1.29 is 4.79 Å². The van der Waals surface area contributed by atoms with Crippen molar-refractivity contribution in [3.05, 3.63) is 36.3 Å². The van der Waals surface area contributed by atoms with Gasteiger partial charge in [0, 0.05) is 0 Å². The van der Waals surface area contributed by atoms with Crippen LogP contribution in [0.2, 0.25) is 0 Å².